The molecule has 2 aromatic rings. The molecule has 2 aromatic carbocycles. The average Bonchev–Trinajstić information content (AvgIpc) is 3.27. The maximum Gasteiger partial charge on any atom is 0.227 e. The second-order valence-electron chi connectivity index (χ2n) is 7.49. The van der Waals surface area contributed by atoms with Gasteiger partial charge in [0.15, 0.2) is 11.5 Å². The first-order chi connectivity index (χ1) is 14.6. The lowest BCUT2D eigenvalue weighted by Crippen LogP contribution is -2.38. The summed E-state index contributed by atoms with van der Waals surface area (Å²) in [6.07, 6.45) is 2.35. The Morgan fingerprint density at radius 1 is 1.13 bits per heavy atom. The Morgan fingerprint density at radius 2 is 1.90 bits per heavy atom. The topological polar surface area (TPSA) is 57.2 Å². The second kappa shape index (κ2) is 9.71. The first-order valence-electron chi connectivity index (χ1n) is 10.2. The number of carbonyl (C=O) groups excluding carboxylic acids is 1. The summed E-state index contributed by atoms with van der Waals surface area (Å²) >= 11 is 3.58. The van der Waals surface area contributed by atoms with Crippen LogP contribution in [0.1, 0.15) is 24.0 Å². The minimum Gasteiger partial charge on any atom is -0.496 e. The van der Waals surface area contributed by atoms with Crippen LogP contribution in [-0.4, -0.2) is 50.4 Å². The van der Waals surface area contributed by atoms with Crippen LogP contribution in [0.4, 0.5) is 0 Å². The summed E-state index contributed by atoms with van der Waals surface area (Å²) in [5, 5.41) is 0. The molecular weight excluding hydrogens is 450 g/mol. The van der Waals surface area contributed by atoms with Crippen LogP contribution in [0.25, 0.3) is 0 Å². The Morgan fingerprint density at radius 3 is 2.63 bits per heavy atom. The quantitative estimate of drug-likeness (QED) is 0.605. The number of ether oxygens (including phenoxy) is 4. The molecule has 0 saturated carbocycles. The maximum atomic E-state index is 13.4. The zero-order valence-corrected chi connectivity index (χ0v) is 18.7. The number of methoxy groups -OCH3 is 1. The van der Waals surface area contributed by atoms with E-state index in [1.165, 1.54) is 0 Å². The minimum absolute atomic E-state index is 0.0359. The molecule has 0 spiro atoms. The van der Waals surface area contributed by atoms with Crippen molar-refractivity contribution in [1.29, 1.82) is 0 Å². The van der Waals surface area contributed by atoms with Gasteiger partial charge >= 0.3 is 0 Å². The number of rotatable bonds is 7. The summed E-state index contributed by atoms with van der Waals surface area (Å²) in [6, 6.07) is 11.6. The highest BCUT2D eigenvalue weighted by Gasteiger charge is 2.25. The molecule has 1 unspecified atom stereocenters. The standard InChI is InChI=1S/C23H26BrNO5/c1-27-20-7-3-2-5-16(20)14-25(15-18-6-4-8-28-18)23(26)12-17-11-21-22(13-19(17)24)30-10-9-29-21/h2-3,5,7,11,13,18H,4,6,8-10,12,14-15H2,1H3. The third-order valence-electron chi connectivity index (χ3n) is 5.41. The lowest BCUT2D eigenvalue weighted by atomic mass is 10.1. The number of fused-ring (bicyclic) bond motifs is 1. The summed E-state index contributed by atoms with van der Waals surface area (Å²) in [6.45, 7) is 2.85. The highest BCUT2D eigenvalue weighted by molar-refractivity contribution is 9.10. The van der Waals surface area contributed by atoms with Gasteiger partial charge in [-0.15, -0.1) is 0 Å². The highest BCUT2D eigenvalue weighted by atomic mass is 79.9. The van der Waals surface area contributed by atoms with Crippen LogP contribution in [0.15, 0.2) is 40.9 Å². The van der Waals surface area contributed by atoms with Crippen LogP contribution >= 0.6 is 15.9 Å². The van der Waals surface area contributed by atoms with Crippen LogP contribution in [0.2, 0.25) is 0 Å². The van der Waals surface area contributed by atoms with Crippen molar-refractivity contribution in [2.45, 2.75) is 31.9 Å². The van der Waals surface area contributed by atoms with Crippen LogP contribution in [0.3, 0.4) is 0 Å². The van der Waals surface area contributed by atoms with Gasteiger partial charge in [-0.25, -0.2) is 0 Å². The van der Waals surface area contributed by atoms with Gasteiger partial charge in [0, 0.05) is 29.7 Å². The third-order valence-corrected chi connectivity index (χ3v) is 6.15. The van der Waals surface area contributed by atoms with Gasteiger partial charge in [-0.1, -0.05) is 34.1 Å². The van der Waals surface area contributed by atoms with E-state index in [1.807, 2.05) is 41.3 Å². The van der Waals surface area contributed by atoms with Gasteiger partial charge < -0.3 is 23.8 Å². The van der Waals surface area contributed by atoms with Gasteiger partial charge in [0.25, 0.3) is 0 Å². The van der Waals surface area contributed by atoms with E-state index < -0.39 is 0 Å². The predicted molar refractivity (Wildman–Crippen MR) is 116 cm³/mol. The molecule has 6 nitrogen and oxygen atoms in total. The van der Waals surface area contributed by atoms with E-state index in [0.29, 0.717) is 37.8 Å². The lowest BCUT2D eigenvalue weighted by molar-refractivity contribution is -0.132. The molecule has 7 heteroatoms. The summed E-state index contributed by atoms with van der Waals surface area (Å²) in [7, 11) is 1.65. The average molecular weight is 476 g/mol. The SMILES string of the molecule is COc1ccccc1CN(CC1CCCO1)C(=O)Cc1cc2c(cc1Br)OCCO2. The highest BCUT2D eigenvalue weighted by Crippen LogP contribution is 2.36. The number of hydrogen-bond donors (Lipinski definition) is 0. The van der Waals surface area contributed by atoms with Crippen LogP contribution in [0, 0.1) is 0 Å². The lowest BCUT2D eigenvalue weighted by Gasteiger charge is -2.27. The zero-order chi connectivity index (χ0) is 20.9. The molecule has 30 heavy (non-hydrogen) atoms. The molecule has 2 heterocycles. The van der Waals surface area contributed by atoms with Crippen molar-refractivity contribution in [3.8, 4) is 17.2 Å². The number of para-hydroxylation sites is 1. The molecule has 2 aliphatic heterocycles. The second-order valence-corrected chi connectivity index (χ2v) is 8.34. The molecule has 1 atom stereocenters. The Balaban J connectivity index is 1.54. The van der Waals surface area contributed by atoms with Crippen LogP contribution in [0.5, 0.6) is 17.2 Å². The minimum atomic E-state index is 0.0359. The van der Waals surface area contributed by atoms with E-state index in [1.54, 1.807) is 7.11 Å². The van der Waals surface area contributed by atoms with E-state index in [4.69, 9.17) is 18.9 Å². The van der Waals surface area contributed by atoms with Crippen molar-refractivity contribution < 1.29 is 23.7 Å². The van der Waals surface area contributed by atoms with Crippen molar-refractivity contribution in [3.05, 3.63) is 52.0 Å². The molecule has 1 fully saturated rings. The van der Waals surface area contributed by atoms with Gasteiger partial charge in [0.05, 0.1) is 19.6 Å². The molecule has 2 aliphatic rings. The van der Waals surface area contributed by atoms with E-state index in [9.17, 15) is 4.79 Å². The Hall–Kier alpha value is -2.25. The van der Waals surface area contributed by atoms with Crippen molar-refractivity contribution in [1.82, 2.24) is 4.90 Å². The summed E-state index contributed by atoms with van der Waals surface area (Å²) < 4.78 is 23.4. The van der Waals surface area contributed by atoms with Crippen LogP contribution < -0.4 is 14.2 Å². The fourth-order valence-electron chi connectivity index (χ4n) is 3.84. The molecule has 1 saturated heterocycles. The number of amides is 1. The van der Waals surface area contributed by atoms with Gasteiger partial charge in [-0.3, -0.25) is 4.79 Å². The fourth-order valence-corrected chi connectivity index (χ4v) is 4.31. The summed E-state index contributed by atoms with van der Waals surface area (Å²) in [5.74, 6) is 2.20. The molecule has 0 aliphatic carbocycles. The molecule has 0 radical (unpaired) electrons. The van der Waals surface area contributed by atoms with Crippen molar-refractivity contribution in [2.75, 3.05) is 33.5 Å². The van der Waals surface area contributed by atoms with Crippen LogP contribution in [-0.2, 0) is 22.5 Å². The third kappa shape index (κ3) is 4.90. The number of halogens is 1. The summed E-state index contributed by atoms with van der Waals surface area (Å²) in [5.41, 5.74) is 1.86. The number of carbonyl (C=O) groups is 1. The van der Waals surface area contributed by atoms with E-state index in [2.05, 4.69) is 15.9 Å². The molecular formula is C23H26BrNO5. The monoisotopic (exact) mass is 475 g/mol. The Bertz CT molecular complexity index is 897. The predicted octanol–water partition coefficient (Wildman–Crippen LogP) is 3.98. The van der Waals surface area contributed by atoms with Gasteiger partial charge in [0.1, 0.15) is 19.0 Å². The normalized spacial score (nSPS) is 17.6. The van der Waals surface area contributed by atoms with Crippen molar-refractivity contribution in [2.24, 2.45) is 0 Å². The fraction of sp³-hybridized carbons (Fsp3) is 0.435. The van der Waals surface area contributed by atoms with Gasteiger partial charge in [-0.05, 0) is 36.6 Å². The van der Waals surface area contributed by atoms with E-state index >= 15 is 0 Å². The molecule has 4 rings (SSSR count). The first-order valence-corrected chi connectivity index (χ1v) is 11.0. The number of nitrogens with zero attached hydrogens (tertiary/aromatic N) is 1. The molecule has 0 bridgehead atoms. The zero-order valence-electron chi connectivity index (χ0n) is 17.1. The van der Waals surface area contributed by atoms with Crippen molar-refractivity contribution >= 4 is 21.8 Å². The van der Waals surface area contributed by atoms with E-state index in [-0.39, 0.29) is 18.4 Å². The number of benzene rings is 2. The maximum absolute atomic E-state index is 13.4. The molecule has 160 valence electrons. The Kier molecular flexibility index (Phi) is 6.79. The smallest absolute Gasteiger partial charge is 0.227 e. The summed E-state index contributed by atoms with van der Waals surface area (Å²) in [4.78, 5) is 15.2. The Labute approximate surface area is 185 Å². The van der Waals surface area contributed by atoms with Crippen molar-refractivity contribution in [3.63, 3.8) is 0 Å². The number of hydrogen-bond acceptors (Lipinski definition) is 5. The molecule has 0 aromatic heterocycles. The molecule has 1 amide bonds. The first kappa shape index (κ1) is 21.0. The van der Waals surface area contributed by atoms with Gasteiger partial charge in [0.2, 0.25) is 5.91 Å². The van der Waals surface area contributed by atoms with Gasteiger partial charge in [-0.2, -0.15) is 0 Å². The molecule has 0 N–H and O–H groups in total. The largest absolute Gasteiger partial charge is 0.496 e. The van der Waals surface area contributed by atoms with E-state index in [0.717, 1.165) is 40.8 Å².